The summed E-state index contributed by atoms with van der Waals surface area (Å²) in [5.74, 6) is -0.343. The van der Waals surface area contributed by atoms with Crippen LogP contribution in [0.1, 0.15) is 41.4 Å². The summed E-state index contributed by atoms with van der Waals surface area (Å²) >= 11 is 1.51. The summed E-state index contributed by atoms with van der Waals surface area (Å²) in [7, 11) is -4.19. The molecule has 4 aromatic rings. The van der Waals surface area contributed by atoms with Crippen LogP contribution in [0.5, 0.6) is 0 Å². The number of oxime groups is 1. The number of nitrogens with one attached hydrogen (secondary N) is 1. The molecular formula is C35H42N6O7S2. The van der Waals surface area contributed by atoms with Gasteiger partial charge < -0.3 is 29.8 Å². The molecule has 1 saturated heterocycles. The van der Waals surface area contributed by atoms with Crippen LogP contribution in [0.3, 0.4) is 0 Å². The minimum absolute atomic E-state index is 0.0419. The van der Waals surface area contributed by atoms with Crippen molar-refractivity contribution in [3.63, 3.8) is 0 Å². The quantitative estimate of drug-likeness (QED) is 0.0883. The van der Waals surface area contributed by atoms with E-state index in [9.17, 15) is 23.1 Å². The lowest BCUT2D eigenvalue weighted by Gasteiger charge is -2.34. The van der Waals surface area contributed by atoms with E-state index in [1.54, 1.807) is 21.9 Å². The number of amides is 3. The van der Waals surface area contributed by atoms with E-state index in [0.717, 1.165) is 20.6 Å². The standard InChI is InChI=1S/C35H42N6O7S2/c1-24(2)33(41-16-15-39(35(41)44)20-28-23-49-25(3)37-28)34(43)38-31(18-26-8-5-4-6-9-26)32(42)22-40(21-29-10-7-17-48-29)50(46,47)30-13-11-27(12-14-30)19-36-45/h4-14,17,19,23-24,31-33,42,45H,15-16,18,20-22H2,1-3H3,(H,38,43)/b36-19+/t31-,32?,33+/m0/s1. The summed E-state index contributed by atoms with van der Waals surface area (Å²) < 4.78 is 34.6. The molecule has 5 rings (SSSR count). The van der Waals surface area contributed by atoms with Crippen LogP contribution < -0.4 is 5.32 Å². The molecule has 0 saturated carbocycles. The molecule has 1 fully saturated rings. The Morgan fingerprint density at radius 3 is 2.48 bits per heavy atom. The average molecular weight is 723 g/mol. The Balaban J connectivity index is 1.39. The maximum atomic E-state index is 14.1. The Morgan fingerprint density at radius 1 is 1.12 bits per heavy atom. The van der Waals surface area contributed by atoms with E-state index in [-0.39, 0.29) is 36.4 Å². The number of aromatic nitrogens is 1. The van der Waals surface area contributed by atoms with Crippen LogP contribution >= 0.6 is 11.3 Å². The third-order valence-corrected chi connectivity index (χ3v) is 11.1. The van der Waals surface area contributed by atoms with E-state index < -0.39 is 34.1 Å². The molecular weight excluding hydrogens is 681 g/mol. The number of sulfonamides is 1. The summed E-state index contributed by atoms with van der Waals surface area (Å²) in [4.78, 5) is 35.4. The fraction of sp³-hybridized carbons (Fsp3) is 0.371. The molecule has 266 valence electrons. The Bertz CT molecular complexity index is 1850. The van der Waals surface area contributed by atoms with Crippen molar-refractivity contribution in [3.05, 3.63) is 106 Å². The number of hydrogen-bond donors (Lipinski definition) is 3. The Morgan fingerprint density at radius 2 is 1.86 bits per heavy atom. The molecule has 0 aliphatic carbocycles. The molecule has 3 N–H and O–H groups in total. The van der Waals surface area contributed by atoms with Gasteiger partial charge in [0.1, 0.15) is 11.8 Å². The minimum atomic E-state index is -4.19. The Kier molecular flexibility index (Phi) is 12.1. The number of hydrogen-bond acceptors (Lipinski definition) is 10. The molecule has 15 heteroatoms. The number of nitrogens with zero attached hydrogens (tertiary/aromatic N) is 5. The van der Waals surface area contributed by atoms with Crippen molar-refractivity contribution in [3.8, 4) is 0 Å². The van der Waals surface area contributed by atoms with Gasteiger partial charge in [0.25, 0.3) is 0 Å². The van der Waals surface area contributed by atoms with Gasteiger partial charge in [0.05, 0.1) is 53.3 Å². The van der Waals surface area contributed by atoms with Crippen molar-refractivity contribution < 1.29 is 32.7 Å². The normalized spacial score (nSPS) is 15.7. The first-order valence-electron chi connectivity index (χ1n) is 16.2. The number of carbonyl (C=O) groups is 2. The molecule has 0 bridgehead atoms. The average Bonchev–Trinajstić information content (AvgIpc) is 3.84. The molecule has 3 amide bonds. The summed E-state index contributed by atoms with van der Waals surface area (Å²) in [6, 6.07) is 16.3. The van der Waals surface area contributed by atoms with Crippen molar-refractivity contribution in [1.29, 1.82) is 0 Å². The van der Waals surface area contributed by atoms with Crippen LogP contribution in [0, 0.1) is 12.8 Å². The zero-order chi connectivity index (χ0) is 35.8. The number of benzene rings is 2. The van der Waals surface area contributed by atoms with Crippen LogP contribution in [0.2, 0.25) is 0 Å². The molecule has 3 heterocycles. The first-order valence-corrected chi connectivity index (χ1v) is 18.6. The molecule has 13 nitrogen and oxygen atoms in total. The number of furan rings is 1. The lowest BCUT2D eigenvalue weighted by molar-refractivity contribution is -0.128. The summed E-state index contributed by atoms with van der Waals surface area (Å²) in [5, 5.41) is 29.5. The van der Waals surface area contributed by atoms with Crippen molar-refractivity contribution in [1.82, 2.24) is 24.4 Å². The molecule has 3 atom stereocenters. The van der Waals surface area contributed by atoms with Gasteiger partial charge in [-0.25, -0.2) is 18.2 Å². The van der Waals surface area contributed by atoms with Gasteiger partial charge in [-0.1, -0.05) is 61.5 Å². The molecule has 1 unspecified atom stereocenters. The maximum Gasteiger partial charge on any atom is 0.321 e. The fourth-order valence-electron chi connectivity index (χ4n) is 6.01. The van der Waals surface area contributed by atoms with Crippen LogP contribution in [0.25, 0.3) is 0 Å². The highest BCUT2D eigenvalue weighted by atomic mass is 32.2. The SMILES string of the molecule is Cc1nc(CN2CCN([C@@H](C(=O)N[C@@H](Cc3ccccc3)C(O)CN(Cc3ccco3)S(=O)(=O)c3ccc(/C=N/O)cc3)C(C)C)C2=O)cs1. The van der Waals surface area contributed by atoms with E-state index in [1.165, 1.54) is 48.1 Å². The highest BCUT2D eigenvalue weighted by molar-refractivity contribution is 7.89. The molecule has 1 aliphatic heterocycles. The molecule has 50 heavy (non-hydrogen) atoms. The van der Waals surface area contributed by atoms with Crippen molar-refractivity contribution in [2.24, 2.45) is 11.1 Å². The Hall–Kier alpha value is -4.57. The van der Waals surface area contributed by atoms with Gasteiger partial charge in [-0.2, -0.15) is 4.31 Å². The Labute approximate surface area is 295 Å². The predicted octanol–water partition coefficient (Wildman–Crippen LogP) is 4.09. The van der Waals surface area contributed by atoms with Gasteiger partial charge >= 0.3 is 6.03 Å². The topological polar surface area (TPSA) is 169 Å². The van der Waals surface area contributed by atoms with E-state index in [0.29, 0.717) is 31.0 Å². The zero-order valence-corrected chi connectivity index (χ0v) is 29.8. The fourth-order valence-corrected chi connectivity index (χ4v) is 8.04. The lowest BCUT2D eigenvalue weighted by atomic mass is 9.98. The lowest BCUT2D eigenvalue weighted by Crippen LogP contribution is -2.57. The number of aliphatic hydroxyl groups excluding tert-OH is 1. The van der Waals surface area contributed by atoms with Gasteiger partial charge in [-0.05, 0) is 54.7 Å². The molecule has 0 spiro atoms. The summed E-state index contributed by atoms with van der Waals surface area (Å²) in [6.07, 6.45) is 1.45. The maximum absolute atomic E-state index is 14.1. The molecule has 1 aliphatic rings. The second kappa shape index (κ2) is 16.4. The van der Waals surface area contributed by atoms with E-state index in [2.05, 4.69) is 15.5 Å². The molecule has 2 aromatic heterocycles. The summed E-state index contributed by atoms with van der Waals surface area (Å²) in [6.45, 7) is 6.21. The second-order valence-electron chi connectivity index (χ2n) is 12.5. The predicted molar refractivity (Wildman–Crippen MR) is 188 cm³/mol. The number of urea groups is 1. The molecule has 0 radical (unpaired) electrons. The van der Waals surface area contributed by atoms with E-state index >= 15 is 0 Å². The number of rotatable bonds is 16. The second-order valence-corrected chi connectivity index (χ2v) is 15.5. The van der Waals surface area contributed by atoms with Crippen LogP contribution in [0.4, 0.5) is 4.79 Å². The van der Waals surface area contributed by atoms with Crippen LogP contribution in [-0.4, -0.2) is 93.8 Å². The van der Waals surface area contributed by atoms with Crippen molar-refractivity contribution >= 4 is 39.5 Å². The van der Waals surface area contributed by atoms with Crippen LogP contribution in [0.15, 0.2) is 92.8 Å². The largest absolute Gasteiger partial charge is 0.468 e. The van der Waals surface area contributed by atoms with Gasteiger partial charge in [-0.15, -0.1) is 11.3 Å². The smallest absolute Gasteiger partial charge is 0.321 e. The third kappa shape index (κ3) is 8.96. The molecule has 2 aromatic carbocycles. The third-order valence-electron chi connectivity index (χ3n) is 8.50. The number of aliphatic hydroxyl groups is 1. The van der Waals surface area contributed by atoms with Gasteiger partial charge in [0.2, 0.25) is 15.9 Å². The minimum Gasteiger partial charge on any atom is -0.468 e. The van der Waals surface area contributed by atoms with Crippen LogP contribution in [-0.2, 0) is 34.3 Å². The van der Waals surface area contributed by atoms with Crippen molar-refractivity contribution in [2.45, 2.75) is 63.4 Å². The number of aryl methyl sites for hydroxylation is 1. The highest BCUT2D eigenvalue weighted by Gasteiger charge is 2.40. The highest BCUT2D eigenvalue weighted by Crippen LogP contribution is 2.24. The number of thiazole rings is 1. The number of carbonyl (C=O) groups excluding carboxylic acids is 2. The van der Waals surface area contributed by atoms with E-state index in [1.807, 2.05) is 56.5 Å². The first-order chi connectivity index (χ1) is 24.0. The van der Waals surface area contributed by atoms with E-state index in [4.69, 9.17) is 9.62 Å². The van der Waals surface area contributed by atoms with Gasteiger partial charge in [0.15, 0.2) is 0 Å². The monoisotopic (exact) mass is 722 g/mol. The van der Waals surface area contributed by atoms with Gasteiger partial charge in [-0.3, -0.25) is 4.79 Å². The van der Waals surface area contributed by atoms with Gasteiger partial charge in [0, 0.05) is 25.0 Å². The first kappa shape index (κ1) is 36.7. The van der Waals surface area contributed by atoms with Crippen molar-refractivity contribution in [2.75, 3.05) is 19.6 Å². The summed E-state index contributed by atoms with van der Waals surface area (Å²) in [5.41, 5.74) is 2.11. The zero-order valence-electron chi connectivity index (χ0n) is 28.1.